The molecule has 0 aliphatic carbocycles. The second-order valence-corrected chi connectivity index (χ2v) is 4.80. The van der Waals surface area contributed by atoms with Crippen LogP contribution in [0.25, 0.3) is 0 Å². The largest absolute Gasteiger partial charge is 0.508 e. The molecule has 1 rings (SSSR count). The fraction of sp³-hybridized carbons (Fsp3) is 0.222. The van der Waals surface area contributed by atoms with Crippen molar-refractivity contribution in [1.82, 2.24) is 5.25 Å². The van der Waals surface area contributed by atoms with Gasteiger partial charge in [-0.05, 0) is 24.1 Å². The van der Waals surface area contributed by atoms with Crippen LogP contribution in [0.2, 0.25) is 0 Å². The molecule has 0 spiro atoms. The summed E-state index contributed by atoms with van der Waals surface area (Å²) in [6.07, 6.45) is 0.113. The molecule has 0 bridgehead atoms. The molecule has 6 N–H and O–H groups in total. The molecule has 0 radical (unpaired) electrons. The Hall–Kier alpha value is -1.44. The summed E-state index contributed by atoms with van der Waals surface area (Å²) in [4.78, 5) is 32.2. The van der Waals surface area contributed by atoms with Crippen LogP contribution >= 0.6 is 7.75 Å². The van der Waals surface area contributed by atoms with Crippen molar-refractivity contribution in [2.24, 2.45) is 5.73 Å². The summed E-state index contributed by atoms with van der Waals surface area (Å²) in [6.45, 7) is 0. The normalized spacial score (nSPS) is 13.1. The number of benzene rings is 1. The van der Waals surface area contributed by atoms with E-state index in [1.807, 2.05) is 0 Å². The van der Waals surface area contributed by atoms with Gasteiger partial charge in [0, 0.05) is 0 Å². The molecule has 1 aromatic carbocycles. The summed E-state index contributed by atoms with van der Waals surface area (Å²) < 4.78 is 10.4. The van der Waals surface area contributed by atoms with Crippen molar-refractivity contribution in [2.45, 2.75) is 12.5 Å². The Morgan fingerprint density at radius 1 is 1.39 bits per heavy atom. The Bertz CT molecular complexity index is 457. The maximum atomic E-state index is 11.3. The minimum Gasteiger partial charge on any atom is -0.508 e. The second-order valence-electron chi connectivity index (χ2n) is 3.53. The maximum Gasteiger partial charge on any atom is 0.433 e. The molecule has 1 aromatic rings. The molecular formula is C9H13N2O6P. The monoisotopic (exact) mass is 276 g/mol. The first-order valence-corrected chi connectivity index (χ1v) is 6.46. The highest BCUT2D eigenvalue weighted by Gasteiger charge is 2.20. The van der Waals surface area contributed by atoms with Gasteiger partial charge in [0.2, 0.25) is 0 Å². The standard InChI is InChI=1S/C9H13N2O6P/c10-8(9(13)17-11-18(14,15)16)5-6-1-3-7(12)4-2-6/h1-4,8,12H,5,10H2,(H3,11,14,15,16)/t8-/m0/s1. The Morgan fingerprint density at radius 3 is 2.44 bits per heavy atom. The van der Waals surface area contributed by atoms with Crippen LogP contribution < -0.4 is 11.0 Å². The highest BCUT2D eigenvalue weighted by atomic mass is 31.2. The summed E-state index contributed by atoms with van der Waals surface area (Å²) in [6, 6.07) is 4.92. The lowest BCUT2D eigenvalue weighted by molar-refractivity contribution is -0.149. The zero-order valence-corrected chi connectivity index (χ0v) is 10.1. The molecule has 0 saturated heterocycles. The quantitative estimate of drug-likeness (QED) is 0.354. The minimum absolute atomic E-state index is 0.0815. The number of rotatable bonds is 5. The van der Waals surface area contributed by atoms with E-state index < -0.39 is 19.8 Å². The molecule has 0 unspecified atom stereocenters. The van der Waals surface area contributed by atoms with Crippen LogP contribution in [-0.2, 0) is 20.6 Å². The third-order valence-electron chi connectivity index (χ3n) is 1.96. The van der Waals surface area contributed by atoms with Crippen LogP contribution in [0.15, 0.2) is 24.3 Å². The average molecular weight is 276 g/mol. The van der Waals surface area contributed by atoms with E-state index in [4.69, 9.17) is 20.6 Å². The van der Waals surface area contributed by atoms with E-state index in [0.29, 0.717) is 5.56 Å². The third kappa shape index (κ3) is 5.26. The molecule has 0 amide bonds. The summed E-state index contributed by atoms with van der Waals surface area (Å²) in [5.41, 5.74) is 6.16. The number of nitrogens with two attached hydrogens (primary N) is 1. The number of nitrogens with one attached hydrogen (secondary N) is 1. The van der Waals surface area contributed by atoms with Gasteiger partial charge in [-0.15, -0.1) is 0 Å². The molecule has 0 aliphatic rings. The predicted molar refractivity (Wildman–Crippen MR) is 61.1 cm³/mol. The van der Waals surface area contributed by atoms with Gasteiger partial charge in [0.15, 0.2) is 0 Å². The van der Waals surface area contributed by atoms with Crippen molar-refractivity contribution >= 4 is 13.7 Å². The molecule has 8 nitrogen and oxygen atoms in total. The summed E-state index contributed by atoms with van der Waals surface area (Å²) in [5.74, 6) is -0.913. The predicted octanol–water partition coefficient (Wildman–Crippen LogP) is -0.598. The molecular weight excluding hydrogens is 263 g/mol. The van der Waals surface area contributed by atoms with Gasteiger partial charge in [0.1, 0.15) is 11.8 Å². The first kappa shape index (κ1) is 14.6. The van der Waals surface area contributed by atoms with Gasteiger partial charge in [-0.1, -0.05) is 17.4 Å². The average Bonchev–Trinajstić information content (AvgIpc) is 2.28. The lowest BCUT2D eigenvalue weighted by atomic mass is 10.1. The molecule has 1 atom stereocenters. The van der Waals surface area contributed by atoms with Gasteiger partial charge in [-0.3, -0.25) is 0 Å². The molecule has 100 valence electrons. The number of phenols is 1. The molecule has 0 fully saturated rings. The van der Waals surface area contributed by atoms with E-state index in [9.17, 15) is 9.36 Å². The van der Waals surface area contributed by atoms with Crippen LogP contribution in [0.1, 0.15) is 5.56 Å². The molecule has 0 saturated carbocycles. The van der Waals surface area contributed by atoms with Crippen molar-refractivity contribution < 1.29 is 29.1 Å². The maximum absolute atomic E-state index is 11.3. The van der Waals surface area contributed by atoms with Crippen LogP contribution in [-0.4, -0.2) is 26.9 Å². The lowest BCUT2D eigenvalue weighted by Crippen LogP contribution is -2.36. The van der Waals surface area contributed by atoms with Crippen LogP contribution in [0.3, 0.4) is 0 Å². The fourth-order valence-corrected chi connectivity index (χ4v) is 1.36. The number of hydrogen-bond donors (Lipinski definition) is 5. The van der Waals surface area contributed by atoms with Gasteiger partial charge in [-0.2, -0.15) is 0 Å². The Labute approximate surface area is 103 Å². The first-order chi connectivity index (χ1) is 8.28. The zero-order valence-electron chi connectivity index (χ0n) is 9.18. The highest BCUT2D eigenvalue weighted by molar-refractivity contribution is 7.49. The number of hydrogen-bond acceptors (Lipinski definition) is 5. The van der Waals surface area contributed by atoms with E-state index >= 15 is 0 Å². The molecule has 0 aliphatic heterocycles. The zero-order chi connectivity index (χ0) is 13.8. The number of carbonyl (C=O) groups is 1. The van der Waals surface area contributed by atoms with E-state index in [0.717, 1.165) is 0 Å². The van der Waals surface area contributed by atoms with Crippen molar-refractivity contribution in [3.63, 3.8) is 0 Å². The second kappa shape index (κ2) is 5.94. The van der Waals surface area contributed by atoms with Gasteiger partial charge in [0.05, 0.1) is 0 Å². The highest BCUT2D eigenvalue weighted by Crippen LogP contribution is 2.27. The third-order valence-corrected chi connectivity index (χ3v) is 2.29. The smallest absolute Gasteiger partial charge is 0.433 e. The van der Waals surface area contributed by atoms with Crippen LogP contribution in [0.4, 0.5) is 0 Å². The SMILES string of the molecule is N[C@@H](Cc1ccc(O)cc1)C(=O)ONP(=O)(O)O. The number of aromatic hydroxyl groups is 1. The van der Waals surface area contributed by atoms with Crippen molar-refractivity contribution in [2.75, 3.05) is 0 Å². The van der Waals surface area contributed by atoms with Gasteiger partial charge >= 0.3 is 13.7 Å². The molecule has 9 heteroatoms. The molecule has 0 aromatic heterocycles. The van der Waals surface area contributed by atoms with Crippen molar-refractivity contribution in [3.8, 4) is 5.75 Å². The fourth-order valence-electron chi connectivity index (χ4n) is 1.15. The van der Waals surface area contributed by atoms with Gasteiger partial charge < -0.3 is 25.5 Å². The van der Waals surface area contributed by atoms with Crippen LogP contribution in [0, 0.1) is 0 Å². The summed E-state index contributed by atoms with van der Waals surface area (Å²) in [7, 11) is -4.63. The number of carbonyl (C=O) groups excluding carboxylic acids is 1. The lowest BCUT2D eigenvalue weighted by Gasteiger charge is -2.12. The van der Waals surface area contributed by atoms with E-state index in [1.165, 1.54) is 17.4 Å². The first-order valence-electron chi connectivity index (χ1n) is 4.85. The van der Waals surface area contributed by atoms with E-state index in [-0.39, 0.29) is 12.2 Å². The topological polar surface area (TPSA) is 142 Å². The Kier molecular flexibility index (Phi) is 4.83. The summed E-state index contributed by atoms with van der Waals surface area (Å²) in [5, 5.41) is 10.3. The van der Waals surface area contributed by atoms with E-state index in [1.54, 1.807) is 12.1 Å². The number of phenolic OH excluding ortho intramolecular Hbond substituents is 1. The van der Waals surface area contributed by atoms with Gasteiger partial charge in [0.25, 0.3) is 0 Å². The Balaban J connectivity index is 2.49. The Morgan fingerprint density at radius 2 is 1.94 bits per heavy atom. The van der Waals surface area contributed by atoms with Crippen molar-refractivity contribution in [3.05, 3.63) is 29.8 Å². The molecule has 0 heterocycles. The molecule has 18 heavy (non-hydrogen) atoms. The summed E-state index contributed by atoms with van der Waals surface area (Å²) >= 11 is 0. The van der Waals surface area contributed by atoms with E-state index in [2.05, 4.69) is 4.84 Å². The van der Waals surface area contributed by atoms with Gasteiger partial charge in [-0.25, -0.2) is 9.36 Å². The van der Waals surface area contributed by atoms with Crippen LogP contribution in [0.5, 0.6) is 5.75 Å². The minimum atomic E-state index is -4.63. The van der Waals surface area contributed by atoms with Crippen molar-refractivity contribution in [1.29, 1.82) is 0 Å².